The molecule has 78 valence electrons. The zero-order valence-electron chi connectivity index (χ0n) is 8.29. The minimum Gasteiger partial charge on any atom is -0.361 e. The zero-order chi connectivity index (χ0) is 10.6. The van der Waals surface area contributed by atoms with E-state index in [1.807, 2.05) is 13.0 Å². The molecule has 0 fully saturated rings. The Morgan fingerprint density at radius 1 is 1.71 bits per heavy atom. The molecule has 5 heteroatoms. The Labute approximate surface area is 91.4 Å². The highest BCUT2D eigenvalue weighted by molar-refractivity contribution is 9.09. The van der Waals surface area contributed by atoms with Gasteiger partial charge in [-0.05, 0) is 6.92 Å². The number of hydrogen-bond donors (Lipinski definition) is 0. The van der Waals surface area contributed by atoms with E-state index in [0.717, 1.165) is 11.5 Å². The van der Waals surface area contributed by atoms with Crippen molar-refractivity contribution >= 4 is 21.8 Å². The van der Waals surface area contributed by atoms with E-state index in [2.05, 4.69) is 21.1 Å². The topological polar surface area (TPSA) is 46.3 Å². The van der Waals surface area contributed by atoms with Crippen molar-refractivity contribution in [3.05, 3.63) is 17.5 Å². The van der Waals surface area contributed by atoms with Crippen molar-refractivity contribution in [1.29, 1.82) is 0 Å². The lowest BCUT2D eigenvalue weighted by molar-refractivity contribution is -0.130. The highest BCUT2D eigenvalue weighted by Crippen LogP contribution is 2.05. The lowest BCUT2D eigenvalue weighted by atomic mass is 10.3. The maximum absolute atomic E-state index is 11.4. The molecule has 0 saturated carbocycles. The number of amides is 1. The summed E-state index contributed by atoms with van der Waals surface area (Å²) in [5, 5.41) is 4.51. The molecule has 0 unspecified atom stereocenters. The minimum atomic E-state index is 0.0996. The smallest absolute Gasteiger partial charge is 0.223 e. The first-order valence-corrected chi connectivity index (χ1v) is 5.47. The first kappa shape index (κ1) is 11.2. The maximum Gasteiger partial charge on any atom is 0.223 e. The van der Waals surface area contributed by atoms with Crippen LogP contribution in [0.4, 0.5) is 0 Å². The number of alkyl halides is 1. The van der Waals surface area contributed by atoms with Gasteiger partial charge in [0, 0.05) is 24.9 Å². The highest BCUT2D eigenvalue weighted by atomic mass is 79.9. The van der Waals surface area contributed by atoms with Gasteiger partial charge in [0.15, 0.2) is 0 Å². The van der Waals surface area contributed by atoms with Crippen molar-refractivity contribution in [3.63, 3.8) is 0 Å². The second-order valence-electron chi connectivity index (χ2n) is 3.12. The van der Waals surface area contributed by atoms with Crippen molar-refractivity contribution in [2.45, 2.75) is 19.9 Å². The Hall–Kier alpha value is -0.840. The molecular formula is C9H13BrN2O2. The summed E-state index contributed by atoms with van der Waals surface area (Å²) in [7, 11) is 1.76. The molecule has 0 aromatic carbocycles. The van der Waals surface area contributed by atoms with Crippen LogP contribution in [0, 0.1) is 6.92 Å². The van der Waals surface area contributed by atoms with Gasteiger partial charge in [-0.25, -0.2) is 0 Å². The molecule has 1 aromatic rings. The van der Waals surface area contributed by atoms with E-state index in [0.29, 0.717) is 18.3 Å². The summed E-state index contributed by atoms with van der Waals surface area (Å²) < 4.78 is 4.91. The summed E-state index contributed by atoms with van der Waals surface area (Å²) in [5.41, 5.74) is 0.785. The SMILES string of the molecule is Cc1cc(CN(C)C(=O)CCBr)no1. The van der Waals surface area contributed by atoms with Crippen LogP contribution in [0.15, 0.2) is 10.6 Å². The third-order valence-electron chi connectivity index (χ3n) is 1.81. The van der Waals surface area contributed by atoms with Gasteiger partial charge in [0.1, 0.15) is 11.5 Å². The second kappa shape index (κ2) is 5.14. The van der Waals surface area contributed by atoms with Gasteiger partial charge in [0.25, 0.3) is 0 Å². The van der Waals surface area contributed by atoms with Crippen molar-refractivity contribution in [3.8, 4) is 0 Å². The average Bonchev–Trinajstić information content (AvgIpc) is 2.51. The number of carbonyl (C=O) groups excluding carboxylic acids is 1. The van der Waals surface area contributed by atoms with Crippen molar-refractivity contribution in [1.82, 2.24) is 10.1 Å². The van der Waals surface area contributed by atoms with E-state index in [4.69, 9.17) is 4.52 Å². The lowest BCUT2D eigenvalue weighted by Gasteiger charge is -2.14. The summed E-state index contributed by atoms with van der Waals surface area (Å²) in [5.74, 6) is 0.865. The average molecular weight is 261 g/mol. The normalized spacial score (nSPS) is 10.2. The number of halogens is 1. The summed E-state index contributed by atoms with van der Waals surface area (Å²) in [6.07, 6.45) is 0.507. The summed E-state index contributed by atoms with van der Waals surface area (Å²) >= 11 is 3.23. The molecule has 1 aromatic heterocycles. The zero-order valence-corrected chi connectivity index (χ0v) is 9.87. The molecule has 1 rings (SSSR count). The van der Waals surface area contributed by atoms with Crippen molar-refractivity contribution in [2.24, 2.45) is 0 Å². The first-order valence-electron chi connectivity index (χ1n) is 4.35. The van der Waals surface area contributed by atoms with Crippen LogP contribution in [0.3, 0.4) is 0 Å². The quantitative estimate of drug-likeness (QED) is 0.775. The third-order valence-corrected chi connectivity index (χ3v) is 2.21. The maximum atomic E-state index is 11.4. The van der Waals surface area contributed by atoms with Crippen LogP contribution in [0.5, 0.6) is 0 Å². The Bertz CT molecular complexity index is 312. The van der Waals surface area contributed by atoms with E-state index in [1.54, 1.807) is 11.9 Å². The summed E-state index contributed by atoms with van der Waals surface area (Å²) in [4.78, 5) is 13.0. The number of aryl methyl sites for hydroxylation is 1. The van der Waals surface area contributed by atoms with Crippen LogP contribution in [0.1, 0.15) is 17.9 Å². The molecule has 0 aliphatic rings. The van der Waals surface area contributed by atoms with E-state index in [9.17, 15) is 4.79 Å². The third kappa shape index (κ3) is 3.14. The predicted molar refractivity (Wildman–Crippen MR) is 56.1 cm³/mol. The number of rotatable bonds is 4. The number of hydrogen-bond acceptors (Lipinski definition) is 3. The molecule has 0 N–H and O–H groups in total. The molecule has 1 heterocycles. The van der Waals surface area contributed by atoms with Crippen LogP contribution in [0.25, 0.3) is 0 Å². The van der Waals surface area contributed by atoms with Gasteiger partial charge in [0.05, 0.1) is 6.54 Å². The van der Waals surface area contributed by atoms with Gasteiger partial charge in [0.2, 0.25) is 5.91 Å². The Morgan fingerprint density at radius 2 is 2.43 bits per heavy atom. The second-order valence-corrected chi connectivity index (χ2v) is 3.91. The molecule has 1 amide bonds. The minimum absolute atomic E-state index is 0.0996. The van der Waals surface area contributed by atoms with Gasteiger partial charge >= 0.3 is 0 Å². The van der Waals surface area contributed by atoms with Gasteiger partial charge in [-0.3, -0.25) is 4.79 Å². The number of aromatic nitrogens is 1. The molecule has 0 saturated heterocycles. The molecule has 0 atom stereocenters. The van der Waals surface area contributed by atoms with Crippen LogP contribution in [0.2, 0.25) is 0 Å². The molecule has 0 spiro atoms. The number of nitrogens with zero attached hydrogens (tertiary/aromatic N) is 2. The van der Waals surface area contributed by atoms with E-state index in [1.165, 1.54) is 0 Å². The summed E-state index contributed by atoms with van der Waals surface area (Å²) in [6.45, 7) is 2.33. The van der Waals surface area contributed by atoms with Gasteiger partial charge in [-0.1, -0.05) is 21.1 Å². The van der Waals surface area contributed by atoms with E-state index >= 15 is 0 Å². The molecule has 0 aliphatic carbocycles. The fourth-order valence-electron chi connectivity index (χ4n) is 1.10. The van der Waals surface area contributed by atoms with Gasteiger partial charge in [-0.2, -0.15) is 0 Å². The van der Waals surface area contributed by atoms with Crippen LogP contribution >= 0.6 is 15.9 Å². The van der Waals surface area contributed by atoms with Crippen LogP contribution in [-0.4, -0.2) is 28.3 Å². The van der Waals surface area contributed by atoms with Gasteiger partial charge < -0.3 is 9.42 Å². The van der Waals surface area contributed by atoms with E-state index in [-0.39, 0.29) is 5.91 Å². The lowest BCUT2D eigenvalue weighted by Crippen LogP contribution is -2.26. The van der Waals surface area contributed by atoms with Crippen molar-refractivity contribution in [2.75, 3.05) is 12.4 Å². The highest BCUT2D eigenvalue weighted by Gasteiger charge is 2.10. The monoisotopic (exact) mass is 260 g/mol. The Balaban J connectivity index is 2.48. The standard InChI is InChI=1S/C9H13BrN2O2/c1-7-5-8(11-14-7)6-12(2)9(13)3-4-10/h5H,3-4,6H2,1-2H3. The first-order chi connectivity index (χ1) is 6.63. The van der Waals surface area contributed by atoms with Crippen molar-refractivity contribution < 1.29 is 9.32 Å². The molecular weight excluding hydrogens is 248 g/mol. The van der Waals surface area contributed by atoms with Crippen LogP contribution < -0.4 is 0 Å². The Kier molecular flexibility index (Phi) is 4.13. The van der Waals surface area contributed by atoms with Gasteiger partial charge in [-0.15, -0.1) is 0 Å². The Morgan fingerprint density at radius 3 is 2.93 bits per heavy atom. The molecule has 0 aliphatic heterocycles. The predicted octanol–water partition coefficient (Wildman–Crippen LogP) is 1.73. The molecule has 4 nitrogen and oxygen atoms in total. The molecule has 0 bridgehead atoms. The number of carbonyl (C=O) groups is 1. The fourth-order valence-corrected chi connectivity index (χ4v) is 1.43. The largest absolute Gasteiger partial charge is 0.361 e. The van der Waals surface area contributed by atoms with E-state index < -0.39 is 0 Å². The van der Waals surface area contributed by atoms with Crippen LogP contribution in [-0.2, 0) is 11.3 Å². The molecule has 0 radical (unpaired) electrons. The molecule has 14 heavy (non-hydrogen) atoms. The fraction of sp³-hybridized carbons (Fsp3) is 0.556. The summed E-state index contributed by atoms with van der Waals surface area (Å²) in [6, 6.07) is 1.83.